The number of aryl methyl sites for hydroxylation is 3. The molecule has 0 unspecified atom stereocenters. The molecule has 0 atom stereocenters. The SMILES string of the molecule is Cc1cc(C)c(C(=O)NNC(=O)c2ccccc2)c(C)c1. The van der Waals surface area contributed by atoms with Gasteiger partial charge in [-0.1, -0.05) is 35.9 Å². The van der Waals surface area contributed by atoms with Gasteiger partial charge in [-0.2, -0.15) is 0 Å². The number of rotatable bonds is 2. The van der Waals surface area contributed by atoms with Gasteiger partial charge in [0, 0.05) is 11.1 Å². The summed E-state index contributed by atoms with van der Waals surface area (Å²) in [5.41, 5.74) is 8.86. The summed E-state index contributed by atoms with van der Waals surface area (Å²) in [6, 6.07) is 12.6. The first-order chi connectivity index (χ1) is 9.99. The minimum atomic E-state index is -0.341. The van der Waals surface area contributed by atoms with Crippen molar-refractivity contribution in [3.05, 3.63) is 70.3 Å². The van der Waals surface area contributed by atoms with Gasteiger partial charge in [-0.05, 0) is 44.0 Å². The van der Waals surface area contributed by atoms with Crippen LogP contribution in [-0.4, -0.2) is 11.8 Å². The summed E-state index contributed by atoms with van der Waals surface area (Å²) in [6.45, 7) is 5.75. The molecule has 4 nitrogen and oxygen atoms in total. The molecular formula is C17H18N2O2. The summed E-state index contributed by atoms with van der Waals surface area (Å²) in [7, 11) is 0. The van der Waals surface area contributed by atoms with Gasteiger partial charge in [0.1, 0.15) is 0 Å². The van der Waals surface area contributed by atoms with Crippen LogP contribution in [0.5, 0.6) is 0 Å². The molecule has 0 bridgehead atoms. The van der Waals surface area contributed by atoms with Crippen molar-refractivity contribution in [1.82, 2.24) is 10.9 Å². The van der Waals surface area contributed by atoms with E-state index in [-0.39, 0.29) is 11.8 Å². The highest BCUT2D eigenvalue weighted by atomic mass is 16.2. The zero-order valence-electron chi connectivity index (χ0n) is 12.4. The maximum absolute atomic E-state index is 12.2. The molecule has 0 spiro atoms. The summed E-state index contributed by atoms with van der Waals surface area (Å²) in [6.07, 6.45) is 0. The van der Waals surface area contributed by atoms with Crippen molar-refractivity contribution in [2.75, 3.05) is 0 Å². The van der Waals surface area contributed by atoms with Crippen LogP contribution < -0.4 is 10.9 Å². The normalized spacial score (nSPS) is 10.0. The van der Waals surface area contributed by atoms with Gasteiger partial charge in [-0.3, -0.25) is 20.4 Å². The highest BCUT2D eigenvalue weighted by Gasteiger charge is 2.13. The number of carbonyl (C=O) groups excluding carboxylic acids is 2. The van der Waals surface area contributed by atoms with Gasteiger partial charge in [0.15, 0.2) is 0 Å². The number of hydrazine groups is 1. The highest BCUT2D eigenvalue weighted by molar-refractivity contribution is 6.00. The molecule has 0 saturated carbocycles. The van der Waals surface area contributed by atoms with Gasteiger partial charge in [0.25, 0.3) is 11.8 Å². The summed E-state index contributed by atoms with van der Waals surface area (Å²) < 4.78 is 0. The quantitative estimate of drug-likeness (QED) is 0.832. The summed E-state index contributed by atoms with van der Waals surface area (Å²) in [5, 5.41) is 0. The van der Waals surface area contributed by atoms with Crippen LogP contribution >= 0.6 is 0 Å². The molecule has 0 saturated heterocycles. The maximum Gasteiger partial charge on any atom is 0.270 e. The van der Waals surface area contributed by atoms with Crippen LogP contribution in [0.1, 0.15) is 37.4 Å². The Morgan fingerprint density at radius 1 is 0.810 bits per heavy atom. The number of amides is 2. The van der Waals surface area contributed by atoms with Crippen molar-refractivity contribution in [3.63, 3.8) is 0 Å². The molecule has 4 heteroatoms. The van der Waals surface area contributed by atoms with Crippen LogP contribution in [0, 0.1) is 20.8 Å². The Balaban J connectivity index is 2.08. The van der Waals surface area contributed by atoms with E-state index in [0.29, 0.717) is 11.1 Å². The lowest BCUT2D eigenvalue weighted by Crippen LogP contribution is -2.42. The fourth-order valence-electron chi connectivity index (χ4n) is 2.38. The van der Waals surface area contributed by atoms with E-state index >= 15 is 0 Å². The van der Waals surface area contributed by atoms with E-state index in [1.165, 1.54) is 0 Å². The predicted octanol–water partition coefficient (Wildman–Crippen LogP) is 2.69. The van der Waals surface area contributed by atoms with Gasteiger partial charge < -0.3 is 0 Å². The van der Waals surface area contributed by atoms with Crippen molar-refractivity contribution in [2.45, 2.75) is 20.8 Å². The van der Waals surface area contributed by atoms with E-state index in [9.17, 15) is 9.59 Å². The number of carbonyl (C=O) groups is 2. The average molecular weight is 282 g/mol. The second-order valence-electron chi connectivity index (χ2n) is 5.05. The van der Waals surface area contributed by atoms with Crippen LogP contribution in [0.2, 0.25) is 0 Å². The largest absolute Gasteiger partial charge is 0.270 e. The monoisotopic (exact) mass is 282 g/mol. The summed E-state index contributed by atoms with van der Waals surface area (Å²) in [4.78, 5) is 24.1. The van der Waals surface area contributed by atoms with Crippen molar-refractivity contribution < 1.29 is 9.59 Å². The molecule has 2 amide bonds. The molecule has 0 aliphatic heterocycles. The van der Waals surface area contributed by atoms with Gasteiger partial charge in [0.2, 0.25) is 0 Å². The standard InChI is InChI=1S/C17H18N2O2/c1-11-9-12(2)15(13(3)10-11)17(21)19-18-16(20)14-7-5-4-6-8-14/h4-10H,1-3H3,(H,18,20)(H,19,21). The average Bonchev–Trinajstić information content (AvgIpc) is 2.44. The number of nitrogens with one attached hydrogen (secondary N) is 2. The molecule has 108 valence electrons. The summed E-state index contributed by atoms with van der Waals surface area (Å²) in [5.74, 6) is -0.652. The third kappa shape index (κ3) is 3.48. The molecule has 0 fully saturated rings. The Morgan fingerprint density at radius 2 is 1.33 bits per heavy atom. The van der Waals surface area contributed by atoms with E-state index in [1.807, 2.05) is 39.0 Å². The molecule has 0 aliphatic rings. The Morgan fingerprint density at radius 3 is 1.90 bits per heavy atom. The van der Waals surface area contributed by atoms with Crippen molar-refractivity contribution in [2.24, 2.45) is 0 Å². The minimum absolute atomic E-state index is 0.311. The predicted molar refractivity (Wildman–Crippen MR) is 82.0 cm³/mol. The van der Waals surface area contributed by atoms with Gasteiger partial charge in [0.05, 0.1) is 0 Å². The van der Waals surface area contributed by atoms with Crippen LogP contribution in [0.4, 0.5) is 0 Å². The number of benzene rings is 2. The lowest BCUT2D eigenvalue weighted by atomic mass is 9.99. The third-order valence-corrected chi connectivity index (χ3v) is 3.23. The van der Waals surface area contributed by atoms with Crippen molar-refractivity contribution in [1.29, 1.82) is 0 Å². The van der Waals surface area contributed by atoms with Gasteiger partial charge in [-0.25, -0.2) is 0 Å². The topological polar surface area (TPSA) is 58.2 Å². The smallest absolute Gasteiger partial charge is 0.267 e. The Labute approximate surface area is 124 Å². The third-order valence-electron chi connectivity index (χ3n) is 3.23. The van der Waals surface area contributed by atoms with Crippen LogP contribution in [0.3, 0.4) is 0 Å². The fourth-order valence-corrected chi connectivity index (χ4v) is 2.38. The lowest BCUT2D eigenvalue weighted by Gasteiger charge is -2.12. The van der Waals surface area contributed by atoms with Crippen LogP contribution in [0.15, 0.2) is 42.5 Å². The molecular weight excluding hydrogens is 264 g/mol. The number of hydrogen-bond acceptors (Lipinski definition) is 2. The fraction of sp³-hybridized carbons (Fsp3) is 0.176. The Hall–Kier alpha value is -2.62. The first-order valence-electron chi connectivity index (χ1n) is 6.72. The van der Waals surface area contributed by atoms with Crippen LogP contribution in [0.25, 0.3) is 0 Å². The molecule has 2 rings (SSSR count). The van der Waals surface area contributed by atoms with Crippen molar-refractivity contribution >= 4 is 11.8 Å². The molecule has 0 aliphatic carbocycles. The summed E-state index contributed by atoms with van der Waals surface area (Å²) >= 11 is 0. The molecule has 21 heavy (non-hydrogen) atoms. The molecule has 0 heterocycles. The molecule has 0 radical (unpaired) electrons. The number of hydrogen-bond donors (Lipinski definition) is 2. The minimum Gasteiger partial charge on any atom is -0.267 e. The van der Waals surface area contributed by atoms with Gasteiger partial charge >= 0.3 is 0 Å². The lowest BCUT2D eigenvalue weighted by molar-refractivity contribution is 0.0846. The Bertz CT molecular complexity index is 655. The van der Waals surface area contributed by atoms with E-state index in [4.69, 9.17) is 0 Å². The van der Waals surface area contributed by atoms with Crippen molar-refractivity contribution in [3.8, 4) is 0 Å². The zero-order valence-corrected chi connectivity index (χ0v) is 12.4. The van der Waals surface area contributed by atoms with E-state index < -0.39 is 0 Å². The maximum atomic E-state index is 12.2. The zero-order chi connectivity index (χ0) is 15.4. The molecule has 2 aromatic rings. The van der Waals surface area contributed by atoms with E-state index in [1.54, 1.807) is 24.3 Å². The van der Waals surface area contributed by atoms with E-state index in [0.717, 1.165) is 16.7 Å². The van der Waals surface area contributed by atoms with Crippen LogP contribution in [-0.2, 0) is 0 Å². The molecule has 2 N–H and O–H groups in total. The first kappa shape index (κ1) is 14.8. The molecule has 2 aromatic carbocycles. The first-order valence-corrected chi connectivity index (χ1v) is 6.72. The highest BCUT2D eigenvalue weighted by Crippen LogP contribution is 2.15. The van der Waals surface area contributed by atoms with E-state index in [2.05, 4.69) is 10.9 Å². The second kappa shape index (κ2) is 6.22. The Kier molecular flexibility index (Phi) is 4.38. The van der Waals surface area contributed by atoms with Gasteiger partial charge in [-0.15, -0.1) is 0 Å². The second-order valence-corrected chi connectivity index (χ2v) is 5.05. The molecule has 0 aromatic heterocycles.